The van der Waals surface area contributed by atoms with Crippen LogP contribution in [-0.4, -0.2) is 69.9 Å². The highest BCUT2D eigenvalue weighted by Crippen LogP contribution is 2.37. The van der Waals surface area contributed by atoms with Crippen molar-refractivity contribution in [3.8, 4) is 22.8 Å². The monoisotopic (exact) mass is 603 g/mol. The Bertz CT molecular complexity index is 1620. The number of rotatable bonds is 11. The van der Waals surface area contributed by atoms with Crippen LogP contribution in [0.25, 0.3) is 33.8 Å². The molecule has 42 heavy (non-hydrogen) atoms. The number of ether oxygens (including phenoxy) is 1. The second-order valence-corrected chi connectivity index (χ2v) is 18.7. The topological polar surface area (TPSA) is 151 Å². The van der Waals surface area contributed by atoms with Gasteiger partial charge in [-0.15, -0.1) is 11.8 Å². The average molecular weight is 604 g/mol. The lowest BCUT2D eigenvalue weighted by Crippen LogP contribution is -2.22. The maximum Gasteiger partial charge on any atom is 0.220 e. The van der Waals surface area contributed by atoms with E-state index in [2.05, 4.69) is 76.3 Å². The van der Waals surface area contributed by atoms with E-state index in [1.165, 1.54) is 6.33 Å². The molecule has 0 aliphatic heterocycles. The zero-order chi connectivity index (χ0) is 29.1. The van der Waals surface area contributed by atoms with E-state index >= 15 is 0 Å². The summed E-state index contributed by atoms with van der Waals surface area (Å²) in [6.45, 7) is 8.36. The van der Waals surface area contributed by atoms with Gasteiger partial charge in [0.15, 0.2) is 5.82 Å². The Morgan fingerprint density at radius 1 is 1.05 bits per heavy atom. The highest BCUT2D eigenvalue weighted by molar-refractivity contribution is 7.99. The molecular weight excluding hydrogens is 567 g/mol. The molecule has 0 bridgehead atoms. The van der Waals surface area contributed by atoms with Crippen LogP contribution in [0.4, 0.5) is 5.95 Å². The van der Waals surface area contributed by atoms with E-state index in [1.54, 1.807) is 24.3 Å². The van der Waals surface area contributed by atoms with Crippen molar-refractivity contribution in [1.29, 1.82) is 0 Å². The molecule has 0 aromatic carbocycles. The number of aromatic amines is 1. The number of aromatic nitrogens is 10. The zero-order valence-electron chi connectivity index (χ0n) is 24.3. The number of nitrogens with two attached hydrogens (primary N) is 1. The van der Waals surface area contributed by atoms with Crippen LogP contribution in [0, 0.1) is 5.92 Å². The Kier molecular flexibility index (Phi) is 8.35. The van der Waals surface area contributed by atoms with Crippen molar-refractivity contribution in [2.45, 2.75) is 69.0 Å². The number of hydrogen-bond donors (Lipinski definition) is 2. The van der Waals surface area contributed by atoms with Gasteiger partial charge >= 0.3 is 0 Å². The van der Waals surface area contributed by atoms with Gasteiger partial charge in [0.2, 0.25) is 5.95 Å². The molecular formula is C28H37N11OSSi. The molecule has 5 heterocycles. The van der Waals surface area contributed by atoms with Gasteiger partial charge in [0.05, 0.1) is 22.8 Å². The number of thioether (sulfide) groups is 1. The summed E-state index contributed by atoms with van der Waals surface area (Å²) >= 11 is 1.75. The molecule has 0 spiro atoms. The Hall–Kier alpha value is -3.62. The van der Waals surface area contributed by atoms with Crippen molar-refractivity contribution >= 4 is 36.8 Å². The summed E-state index contributed by atoms with van der Waals surface area (Å²) in [5, 5.41) is 12.6. The van der Waals surface area contributed by atoms with Crippen molar-refractivity contribution in [2.75, 3.05) is 18.1 Å². The first-order valence-electron chi connectivity index (χ1n) is 14.4. The van der Waals surface area contributed by atoms with E-state index in [4.69, 9.17) is 15.6 Å². The van der Waals surface area contributed by atoms with E-state index in [0.717, 1.165) is 71.3 Å². The lowest BCUT2D eigenvalue weighted by molar-refractivity contribution is 0.0899. The Morgan fingerprint density at radius 3 is 2.69 bits per heavy atom. The molecule has 0 saturated heterocycles. The molecule has 0 amide bonds. The Morgan fingerprint density at radius 2 is 1.90 bits per heavy atom. The highest BCUT2D eigenvalue weighted by Gasteiger charge is 2.25. The van der Waals surface area contributed by atoms with Crippen molar-refractivity contribution in [2.24, 2.45) is 5.92 Å². The summed E-state index contributed by atoms with van der Waals surface area (Å²) in [5.74, 6) is 2.43. The predicted molar refractivity (Wildman–Crippen MR) is 166 cm³/mol. The molecule has 5 aromatic rings. The lowest BCUT2D eigenvalue weighted by Gasteiger charge is -2.28. The van der Waals surface area contributed by atoms with Crippen LogP contribution >= 0.6 is 11.8 Å². The lowest BCUT2D eigenvalue weighted by atomic mass is 9.87. The van der Waals surface area contributed by atoms with Crippen molar-refractivity contribution in [3.63, 3.8) is 0 Å². The number of H-pyrrole nitrogens is 1. The first kappa shape index (κ1) is 28.5. The first-order valence-corrected chi connectivity index (χ1v) is 19.1. The summed E-state index contributed by atoms with van der Waals surface area (Å²) < 4.78 is 10.1. The van der Waals surface area contributed by atoms with Gasteiger partial charge in [-0.2, -0.15) is 10.2 Å². The van der Waals surface area contributed by atoms with Crippen LogP contribution in [0.15, 0.2) is 48.4 Å². The molecule has 1 saturated carbocycles. The molecule has 1 aliphatic rings. The van der Waals surface area contributed by atoms with Gasteiger partial charge in [-0.05, 0) is 43.7 Å². The molecule has 14 heteroatoms. The molecule has 0 unspecified atom stereocenters. The molecule has 12 nitrogen and oxygen atoms in total. The molecule has 6 rings (SSSR count). The summed E-state index contributed by atoms with van der Waals surface area (Å²) in [6.07, 6.45) is 15.4. The van der Waals surface area contributed by atoms with Crippen molar-refractivity contribution < 1.29 is 4.74 Å². The second kappa shape index (κ2) is 12.3. The second-order valence-electron chi connectivity index (χ2n) is 12.1. The summed E-state index contributed by atoms with van der Waals surface area (Å²) in [6, 6.07) is 3.60. The Labute approximate surface area is 250 Å². The number of hydrogen-bond acceptors (Lipinski definition) is 10. The van der Waals surface area contributed by atoms with Crippen LogP contribution in [0.3, 0.4) is 0 Å². The van der Waals surface area contributed by atoms with E-state index < -0.39 is 8.07 Å². The minimum Gasteiger partial charge on any atom is -0.368 e. The number of anilines is 1. The molecule has 1 aliphatic carbocycles. The van der Waals surface area contributed by atoms with Gasteiger partial charge in [0.25, 0.3) is 0 Å². The van der Waals surface area contributed by atoms with Crippen LogP contribution in [0.1, 0.15) is 31.7 Å². The Balaban J connectivity index is 1.06. The minimum atomic E-state index is -1.12. The largest absolute Gasteiger partial charge is 0.368 e. The van der Waals surface area contributed by atoms with Crippen LogP contribution in [0.2, 0.25) is 25.7 Å². The SMILES string of the molecule is C[Si](C)(C)CCOCn1ccc2c(-c3cnn(C4CCC(CSc5cnc(N)nc5-c5ncn[nH]5)CC4)c3)ncnc21. The summed E-state index contributed by atoms with van der Waals surface area (Å²) in [4.78, 5) is 23.0. The maximum absolute atomic E-state index is 5.97. The number of nitrogen functional groups attached to an aromatic ring is 1. The van der Waals surface area contributed by atoms with Crippen molar-refractivity contribution in [1.82, 2.24) is 49.5 Å². The van der Waals surface area contributed by atoms with Gasteiger partial charge < -0.3 is 15.0 Å². The highest BCUT2D eigenvalue weighted by atomic mass is 32.2. The number of fused-ring (bicyclic) bond motifs is 1. The fourth-order valence-electron chi connectivity index (χ4n) is 5.30. The fourth-order valence-corrected chi connectivity index (χ4v) is 7.21. The molecule has 5 aromatic heterocycles. The standard InChI is InChI=1S/C28H37N11OSSi/c1-42(2,3)11-10-40-18-38-9-8-22-24(31-16-33-27(22)38)20-12-35-39(14-20)21-6-4-19(5-7-21)15-41-23-13-30-28(29)36-25(23)26-32-17-34-37-26/h8-9,12-14,16-17,19,21H,4-7,10-11,15,18H2,1-3H3,(H2,29,30,36)(H,32,34,37). The minimum absolute atomic E-state index is 0.229. The number of nitrogens with one attached hydrogen (secondary N) is 1. The third-order valence-electron chi connectivity index (χ3n) is 7.74. The third-order valence-corrected chi connectivity index (χ3v) is 10.7. The number of nitrogens with zero attached hydrogens (tertiary/aromatic N) is 9. The van der Waals surface area contributed by atoms with Crippen LogP contribution in [-0.2, 0) is 11.5 Å². The first-order chi connectivity index (χ1) is 20.3. The molecule has 1 fully saturated rings. The van der Waals surface area contributed by atoms with E-state index in [-0.39, 0.29) is 5.95 Å². The van der Waals surface area contributed by atoms with Crippen molar-refractivity contribution in [3.05, 3.63) is 43.5 Å². The molecule has 3 N–H and O–H groups in total. The van der Waals surface area contributed by atoms with Gasteiger partial charge in [0.1, 0.15) is 30.7 Å². The van der Waals surface area contributed by atoms with Gasteiger partial charge in [-0.3, -0.25) is 9.78 Å². The normalized spacial score (nSPS) is 17.7. The zero-order valence-corrected chi connectivity index (χ0v) is 26.1. The third kappa shape index (κ3) is 6.55. The van der Waals surface area contributed by atoms with Crippen LogP contribution in [0.5, 0.6) is 0 Å². The van der Waals surface area contributed by atoms with Gasteiger partial charge in [0, 0.05) is 50.0 Å². The smallest absolute Gasteiger partial charge is 0.220 e. The van der Waals surface area contributed by atoms with Gasteiger partial charge in [-0.25, -0.2) is 24.9 Å². The van der Waals surface area contributed by atoms with Gasteiger partial charge in [-0.1, -0.05) is 19.6 Å². The van der Waals surface area contributed by atoms with E-state index in [9.17, 15) is 0 Å². The quantitative estimate of drug-likeness (QED) is 0.116. The summed E-state index contributed by atoms with van der Waals surface area (Å²) in [5.41, 5.74) is 9.34. The maximum atomic E-state index is 5.97. The molecule has 0 atom stereocenters. The summed E-state index contributed by atoms with van der Waals surface area (Å²) in [7, 11) is -1.12. The van der Waals surface area contributed by atoms with E-state index in [0.29, 0.717) is 30.2 Å². The van der Waals surface area contributed by atoms with Crippen LogP contribution < -0.4 is 5.73 Å². The fraction of sp³-hybridized carbons (Fsp3) is 0.464. The molecule has 0 radical (unpaired) electrons. The molecule has 220 valence electrons. The van der Waals surface area contributed by atoms with E-state index in [1.807, 2.05) is 12.4 Å². The average Bonchev–Trinajstić information content (AvgIpc) is 3.76. The predicted octanol–water partition coefficient (Wildman–Crippen LogP) is 5.29.